The Hall–Kier alpha value is -1.21. The van der Waals surface area contributed by atoms with Crippen molar-refractivity contribution in [1.29, 1.82) is 0 Å². The van der Waals surface area contributed by atoms with Gasteiger partial charge in [0.25, 0.3) is 0 Å². The highest BCUT2D eigenvalue weighted by Crippen LogP contribution is 2.36. The average Bonchev–Trinajstić information content (AvgIpc) is 2.96. The number of hydrogen-bond donors (Lipinski definition) is 3. The second-order valence-electron chi connectivity index (χ2n) is 8.24. The van der Waals surface area contributed by atoms with Gasteiger partial charge in [0.15, 0.2) is 0 Å². The minimum absolute atomic E-state index is 0.0000819. The van der Waals surface area contributed by atoms with Gasteiger partial charge in [-0.2, -0.15) is 0 Å². The lowest BCUT2D eigenvalue weighted by atomic mass is 10.0. The third-order valence-corrected chi connectivity index (χ3v) is 6.03. The number of aliphatic hydroxyl groups excluding tert-OH is 1. The fraction of sp³-hybridized carbons (Fsp3) is 0.810. The zero-order chi connectivity index (χ0) is 22.6. The van der Waals surface area contributed by atoms with E-state index in [9.17, 15) is 24.4 Å². The third kappa shape index (κ3) is 10.7. The Labute approximate surface area is 180 Å². The summed E-state index contributed by atoms with van der Waals surface area (Å²) in [5.74, 6) is -0.291. The second-order valence-corrected chi connectivity index (χ2v) is 10.6. The quantitative estimate of drug-likeness (QED) is 0.190. The molecule has 0 radical (unpaired) electrons. The van der Waals surface area contributed by atoms with E-state index in [0.717, 1.165) is 38.5 Å². The molecule has 174 valence electrons. The molecule has 0 spiro atoms. The molecule has 1 fully saturated rings. The number of carbonyl (C=O) groups excluding carboxylic acids is 3. The molecule has 0 bridgehead atoms. The van der Waals surface area contributed by atoms with Crippen molar-refractivity contribution >= 4 is 31.4 Å². The molecule has 1 rings (SSSR count). The largest absolute Gasteiger partial charge is 0.396 e. The molecule has 8 nitrogen and oxygen atoms in total. The number of unbranched alkanes of at least 4 members (excludes halogenated alkanes) is 3. The molecule has 30 heavy (non-hydrogen) atoms. The lowest BCUT2D eigenvalue weighted by Gasteiger charge is -2.18. The van der Waals surface area contributed by atoms with E-state index in [0.29, 0.717) is 39.0 Å². The summed E-state index contributed by atoms with van der Waals surface area (Å²) in [4.78, 5) is 46.7. The maximum atomic E-state index is 12.0. The fourth-order valence-corrected chi connectivity index (χ4v) is 3.94. The first kappa shape index (κ1) is 26.8. The summed E-state index contributed by atoms with van der Waals surface area (Å²) in [6.07, 6.45) is 9.73. The van der Waals surface area contributed by atoms with Crippen LogP contribution >= 0.6 is 7.34 Å². The number of likely N-dealkylation sites (tertiary alicyclic amines) is 1. The van der Waals surface area contributed by atoms with Crippen molar-refractivity contribution in [1.82, 2.24) is 10.2 Å². The van der Waals surface area contributed by atoms with Crippen LogP contribution in [0.2, 0.25) is 0 Å². The van der Waals surface area contributed by atoms with E-state index in [2.05, 4.69) is 11.6 Å². The van der Waals surface area contributed by atoms with Crippen LogP contribution in [0.25, 0.3) is 0 Å². The highest BCUT2D eigenvalue weighted by molar-refractivity contribution is 7.62. The number of rotatable bonds is 16. The molecule has 0 aromatic rings. The van der Waals surface area contributed by atoms with Crippen LogP contribution in [0.3, 0.4) is 0 Å². The molecule has 3 unspecified atom stereocenters. The van der Waals surface area contributed by atoms with E-state index in [-0.39, 0.29) is 36.2 Å². The Morgan fingerprint density at radius 2 is 2.03 bits per heavy atom. The zero-order valence-corrected chi connectivity index (χ0v) is 19.4. The molecule has 9 heteroatoms. The maximum Gasteiger partial charge on any atom is 0.232 e. The van der Waals surface area contributed by atoms with E-state index >= 15 is 0 Å². The molecule has 3 N–H and O–H groups in total. The van der Waals surface area contributed by atoms with Crippen LogP contribution in [-0.2, 0) is 18.9 Å². The van der Waals surface area contributed by atoms with E-state index in [4.69, 9.17) is 4.52 Å². The summed E-state index contributed by atoms with van der Waals surface area (Å²) in [6.45, 7) is 4.82. The predicted molar refractivity (Wildman–Crippen MR) is 119 cm³/mol. The molecule has 0 aromatic heterocycles. The van der Waals surface area contributed by atoms with Gasteiger partial charge >= 0.3 is 0 Å². The molecule has 3 amide bonds. The number of amides is 3. The molecule has 1 aliphatic heterocycles. The fourth-order valence-electron chi connectivity index (χ4n) is 3.41. The first-order valence-corrected chi connectivity index (χ1v) is 13.3. The van der Waals surface area contributed by atoms with Crippen LogP contribution in [-0.4, -0.2) is 71.9 Å². The summed E-state index contributed by atoms with van der Waals surface area (Å²) in [5, 5.41) is 12.2. The molecule has 1 heterocycles. The van der Waals surface area contributed by atoms with Gasteiger partial charge < -0.3 is 19.8 Å². The SMILES string of the molecule is C=P(C)(O)OCC(CO)CCCCNC(=O)CCCCCN1C(=O)CC(CC)C1=O. The Morgan fingerprint density at radius 1 is 1.30 bits per heavy atom. The van der Waals surface area contributed by atoms with Gasteiger partial charge in [-0.3, -0.25) is 19.3 Å². The molecule has 3 atom stereocenters. The van der Waals surface area contributed by atoms with Crippen molar-refractivity contribution < 1.29 is 28.9 Å². The van der Waals surface area contributed by atoms with Crippen molar-refractivity contribution in [2.45, 2.75) is 64.7 Å². The summed E-state index contributed by atoms with van der Waals surface area (Å²) in [5.41, 5.74) is 0. The van der Waals surface area contributed by atoms with Crippen LogP contribution < -0.4 is 5.32 Å². The number of aliphatic hydroxyl groups is 1. The van der Waals surface area contributed by atoms with Gasteiger partial charge in [0.05, 0.1) is 6.61 Å². The molecule has 1 aliphatic rings. The first-order chi connectivity index (χ1) is 14.2. The van der Waals surface area contributed by atoms with Crippen molar-refractivity contribution in [3.63, 3.8) is 0 Å². The van der Waals surface area contributed by atoms with Gasteiger partial charge in [-0.25, -0.2) is 0 Å². The smallest absolute Gasteiger partial charge is 0.232 e. The molecule has 1 saturated heterocycles. The maximum absolute atomic E-state index is 12.0. The van der Waals surface area contributed by atoms with E-state index in [1.54, 1.807) is 6.66 Å². The first-order valence-electron chi connectivity index (χ1n) is 11.0. The van der Waals surface area contributed by atoms with Gasteiger partial charge in [0, 0.05) is 51.0 Å². The van der Waals surface area contributed by atoms with Gasteiger partial charge in [-0.05, 0) is 32.1 Å². The van der Waals surface area contributed by atoms with Crippen LogP contribution in [0.5, 0.6) is 0 Å². The van der Waals surface area contributed by atoms with Crippen molar-refractivity contribution in [3.8, 4) is 0 Å². The normalized spacial score (nSPS) is 19.7. The summed E-state index contributed by atoms with van der Waals surface area (Å²) in [7, 11) is -2.53. The molecule has 0 saturated carbocycles. The summed E-state index contributed by atoms with van der Waals surface area (Å²) in [6, 6.07) is 0. The van der Waals surface area contributed by atoms with Crippen LogP contribution in [0.15, 0.2) is 0 Å². The van der Waals surface area contributed by atoms with Crippen LogP contribution in [0.1, 0.15) is 64.7 Å². The monoisotopic (exact) mass is 446 g/mol. The zero-order valence-electron chi connectivity index (χ0n) is 18.5. The van der Waals surface area contributed by atoms with Crippen molar-refractivity contribution in [2.75, 3.05) is 33.0 Å². The molecular formula is C21H39N2O6P. The Kier molecular flexibility index (Phi) is 12.5. The van der Waals surface area contributed by atoms with E-state index in [1.807, 2.05) is 6.92 Å². The molecular weight excluding hydrogens is 407 g/mol. The Bertz CT molecular complexity index is 606. The van der Waals surface area contributed by atoms with Crippen LogP contribution in [0, 0.1) is 11.8 Å². The van der Waals surface area contributed by atoms with Crippen molar-refractivity contribution in [3.05, 3.63) is 0 Å². The number of nitrogens with zero attached hydrogens (tertiary/aromatic N) is 1. The second kappa shape index (κ2) is 14.0. The predicted octanol–water partition coefficient (Wildman–Crippen LogP) is 2.15. The lowest BCUT2D eigenvalue weighted by molar-refractivity contribution is -0.139. The standard InChI is InChI=1S/C21H39N2O6P/c1-4-18-14-20(26)23(21(18)27)13-9-5-6-11-19(25)22-12-8-7-10-17(15-24)16-29-30(2,3)28/h17-18,24,28H,2,4-16H2,1,3H3,(H,22,25). The molecule has 0 aliphatic carbocycles. The number of imide groups is 1. The Morgan fingerprint density at radius 3 is 2.63 bits per heavy atom. The molecule has 0 aromatic carbocycles. The number of nitrogens with one attached hydrogen (secondary N) is 1. The number of carbonyl (C=O) groups is 3. The highest BCUT2D eigenvalue weighted by Gasteiger charge is 2.36. The number of hydrogen-bond acceptors (Lipinski definition) is 6. The topological polar surface area (TPSA) is 116 Å². The minimum atomic E-state index is -2.53. The van der Waals surface area contributed by atoms with Crippen molar-refractivity contribution in [2.24, 2.45) is 11.8 Å². The van der Waals surface area contributed by atoms with Gasteiger partial charge in [-0.15, -0.1) is 0 Å². The van der Waals surface area contributed by atoms with Gasteiger partial charge in [0.2, 0.25) is 17.7 Å². The average molecular weight is 447 g/mol. The summed E-state index contributed by atoms with van der Waals surface area (Å²) < 4.78 is 5.28. The minimum Gasteiger partial charge on any atom is -0.396 e. The Balaban J connectivity index is 2.04. The van der Waals surface area contributed by atoms with Crippen LogP contribution in [0.4, 0.5) is 0 Å². The summed E-state index contributed by atoms with van der Waals surface area (Å²) >= 11 is 0. The third-order valence-electron chi connectivity index (χ3n) is 5.32. The van der Waals surface area contributed by atoms with E-state index < -0.39 is 7.34 Å². The van der Waals surface area contributed by atoms with E-state index in [1.165, 1.54) is 4.90 Å². The van der Waals surface area contributed by atoms with Gasteiger partial charge in [0.1, 0.15) is 7.34 Å². The lowest BCUT2D eigenvalue weighted by Crippen LogP contribution is -2.31. The van der Waals surface area contributed by atoms with Gasteiger partial charge in [-0.1, -0.05) is 26.1 Å². The highest BCUT2D eigenvalue weighted by atomic mass is 31.2.